The van der Waals surface area contributed by atoms with Crippen LogP contribution in [0.1, 0.15) is 32.6 Å². The normalized spacial score (nSPS) is 25.9. The van der Waals surface area contributed by atoms with Crippen molar-refractivity contribution in [2.24, 2.45) is 0 Å². The van der Waals surface area contributed by atoms with Gasteiger partial charge in [-0.25, -0.2) is 0 Å². The van der Waals surface area contributed by atoms with E-state index in [2.05, 4.69) is 0 Å². The Labute approximate surface area is 77.8 Å². The van der Waals surface area contributed by atoms with Gasteiger partial charge in [-0.2, -0.15) is 0 Å². The molecule has 0 aromatic heterocycles. The van der Waals surface area contributed by atoms with Crippen molar-refractivity contribution in [1.29, 1.82) is 0 Å². The average Bonchev–Trinajstić information content (AvgIpc) is 2.04. The van der Waals surface area contributed by atoms with E-state index in [1.54, 1.807) is 6.08 Å². The first-order chi connectivity index (χ1) is 6.20. The number of hydrogen-bond donors (Lipinski definition) is 0. The van der Waals surface area contributed by atoms with E-state index in [-0.39, 0.29) is 5.78 Å². The van der Waals surface area contributed by atoms with Crippen molar-refractivity contribution in [3.63, 3.8) is 0 Å². The van der Waals surface area contributed by atoms with Gasteiger partial charge in [0.2, 0.25) is 0 Å². The van der Waals surface area contributed by atoms with Crippen molar-refractivity contribution in [3.8, 4) is 0 Å². The van der Waals surface area contributed by atoms with Gasteiger partial charge in [0.15, 0.2) is 11.9 Å². The number of rotatable bonds is 1. The number of carbonyl (C=O) groups excluding carboxylic acids is 2. The topological polar surface area (TPSA) is 43.4 Å². The summed E-state index contributed by atoms with van der Waals surface area (Å²) in [5.74, 6) is -0.394. The zero-order chi connectivity index (χ0) is 9.68. The van der Waals surface area contributed by atoms with Gasteiger partial charge in [0.25, 0.3) is 0 Å². The van der Waals surface area contributed by atoms with E-state index in [9.17, 15) is 9.59 Å². The van der Waals surface area contributed by atoms with E-state index in [0.29, 0.717) is 6.42 Å². The fraction of sp³-hybridized carbons (Fsp3) is 0.600. The minimum atomic E-state index is -0.641. The van der Waals surface area contributed by atoms with Gasteiger partial charge in [0.05, 0.1) is 0 Å². The molecule has 0 radical (unpaired) electrons. The van der Waals surface area contributed by atoms with Crippen LogP contribution in [0.5, 0.6) is 0 Å². The van der Waals surface area contributed by atoms with Crippen LogP contribution < -0.4 is 0 Å². The number of esters is 1. The van der Waals surface area contributed by atoms with E-state index in [1.165, 1.54) is 6.92 Å². The molecule has 0 heterocycles. The van der Waals surface area contributed by atoms with E-state index in [0.717, 1.165) is 19.3 Å². The van der Waals surface area contributed by atoms with Gasteiger partial charge in [-0.1, -0.05) is 6.08 Å². The van der Waals surface area contributed by atoms with E-state index in [1.807, 2.05) is 6.08 Å². The van der Waals surface area contributed by atoms with Crippen LogP contribution in [-0.4, -0.2) is 17.9 Å². The molecule has 1 rings (SSSR count). The molecular formula is C10H14O3. The maximum Gasteiger partial charge on any atom is 0.303 e. The minimum Gasteiger partial charge on any atom is -0.450 e. The third-order valence-corrected chi connectivity index (χ3v) is 1.97. The molecule has 1 atom stereocenters. The molecule has 0 saturated heterocycles. The molecule has 0 aromatic carbocycles. The van der Waals surface area contributed by atoms with E-state index < -0.39 is 12.1 Å². The third-order valence-electron chi connectivity index (χ3n) is 1.97. The van der Waals surface area contributed by atoms with Gasteiger partial charge in [-0.15, -0.1) is 0 Å². The Morgan fingerprint density at radius 1 is 1.54 bits per heavy atom. The quantitative estimate of drug-likeness (QED) is 0.457. The molecule has 0 fully saturated rings. The molecule has 0 spiro atoms. The highest BCUT2D eigenvalue weighted by atomic mass is 16.5. The van der Waals surface area contributed by atoms with E-state index >= 15 is 0 Å². The zero-order valence-corrected chi connectivity index (χ0v) is 7.79. The lowest BCUT2D eigenvalue weighted by Gasteiger charge is -2.13. The van der Waals surface area contributed by atoms with E-state index in [4.69, 9.17) is 4.74 Å². The van der Waals surface area contributed by atoms with Crippen LogP contribution in [0.15, 0.2) is 12.2 Å². The van der Waals surface area contributed by atoms with Crippen molar-refractivity contribution in [3.05, 3.63) is 12.2 Å². The molecule has 0 saturated carbocycles. The summed E-state index contributed by atoms with van der Waals surface area (Å²) < 4.78 is 4.86. The van der Waals surface area contributed by atoms with Gasteiger partial charge in [-0.3, -0.25) is 9.59 Å². The van der Waals surface area contributed by atoms with Crippen molar-refractivity contribution in [1.82, 2.24) is 0 Å². The smallest absolute Gasteiger partial charge is 0.303 e. The Morgan fingerprint density at radius 2 is 2.31 bits per heavy atom. The highest BCUT2D eigenvalue weighted by Crippen LogP contribution is 2.11. The molecule has 3 heteroatoms. The number of Topliss-reactive ketones (excluding diaryl/α,β-unsaturated/α-hetero) is 1. The Bertz CT molecular complexity index is 230. The number of allylic oxidation sites excluding steroid dienone is 1. The van der Waals surface area contributed by atoms with Crippen LogP contribution in [0.4, 0.5) is 0 Å². The molecule has 0 aliphatic heterocycles. The summed E-state index contributed by atoms with van der Waals surface area (Å²) in [5.41, 5.74) is 0. The maximum atomic E-state index is 11.4. The second-order valence-corrected chi connectivity index (χ2v) is 3.17. The molecule has 3 nitrogen and oxygen atoms in total. The van der Waals surface area contributed by atoms with Crippen LogP contribution in [0.3, 0.4) is 0 Å². The predicted molar refractivity (Wildman–Crippen MR) is 48.2 cm³/mol. The summed E-state index contributed by atoms with van der Waals surface area (Å²) in [6.45, 7) is 1.32. The fourth-order valence-electron chi connectivity index (χ4n) is 1.31. The van der Waals surface area contributed by atoms with Gasteiger partial charge < -0.3 is 4.74 Å². The van der Waals surface area contributed by atoms with Crippen molar-refractivity contribution >= 4 is 11.8 Å². The molecular weight excluding hydrogens is 168 g/mol. The van der Waals surface area contributed by atoms with Gasteiger partial charge in [0.1, 0.15) is 0 Å². The molecule has 72 valence electrons. The summed E-state index contributed by atoms with van der Waals surface area (Å²) in [7, 11) is 0. The SMILES string of the molecule is CC(=O)OC1/C=C\CCCCC1=O. The summed E-state index contributed by atoms with van der Waals surface area (Å²) in [4.78, 5) is 22.0. The van der Waals surface area contributed by atoms with Crippen LogP contribution >= 0.6 is 0 Å². The standard InChI is InChI=1S/C10H14O3/c1-8(11)13-10-7-5-3-2-4-6-9(10)12/h5,7,10H,2-4,6H2,1H3/b7-5-. The first kappa shape index (κ1) is 9.96. The lowest BCUT2D eigenvalue weighted by molar-refractivity contribution is -0.150. The second-order valence-electron chi connectivity index (χ2n) is 3.17. The highest BCUT2D eigenvalue weighted by molar-refractivity contribution is 5.87. The average molecular weight is 182 g/mol. The third kappa shape index (κ3) is 3.40. The Kier molecular flexibility index (Phi) is 3.68. The number of ether oxygens (including phenoxy) is 1. The van der Waals surface area contributed by atoms with Crippen LogP contribution in [0.2, 0.25) is 0 Å². The lowest BCUT2D eigenvalue weighted by atomic mass is 10.0. The molecule has 0 amide bonds. The highest BCUT2D eigenvalue weighted by Gasteiger charge is 2.18. The first-order valence-corrected chi connectivity index (χ1v) is 4.57. The second kappa shape index (κ2) is 4.80. The zero-order valence-electron chi connectivity index (χ0n) is 7.79. The summed E-state index contributed by atoms with van der Waals surface area (Å²) >= 11 is 0. The van der Waals surface area contributed by atoms with Gasteiger partial charge in [0, 0.05) is 13.3 Å². The molecule has 1 aliphatic carbocycles. The molecule has 13 heavy (non-hydrogen) atoms. The number of carbonyl (C=O) groups is 2. The summed E-state index contributed by atoms with van der Waals surface area (Å²) in [6.07, 6.45) is 6.36. The molecule has 0 N–H and O–H groups in total. The Balaban J connectivity index is 2.60. The predicted octanol–water partition coefficient (Wildman–Crippen LogP) is 1.62. The molecule has 1 unspecified atom stereocenters. The maximum absolute atomic E-state index is 11.4. The van der Waals surface area contributed by atoms with Crippen molar-refractivity contribution in [2.45, 2.75) is 38.7 Å². The Hall–Kier alpha value is -1.12. The van der Waals surface area contributed by atoms with Crippen molar-refractivity contribution in [2.75, 3.05) is 0 Å². The number of hydrogen-bond acceptors (Lipinski definition) is 3. The summed E-state index contributed by atoms with van der Waals surface area (Å²) in [5, 5.41) is 0. The number of ketones is 1. The monoisotopic (exact) mass is 182 g/mol. The lowest BCUT2D eigenvalue weighted by Crippen LogP contribution is -2.24. The van der Waals surface area contributed by atoms with Crippen LogP contribution in [0.25, 0.3) is 0 Å². The van der Waals surface area contributed by atoms with Crippen molar-refractivity contribution < 1.29 is 14.3 Å². The molecule has 1 aliphatic rings. The molecule has 0 bridgehead atoms. The minimum absolute atomic E-state index is 0.00569. The van der Waals surface area contributed by atoms with Gasteiger partial charge >= 0.3 is 5.97 Å². The first-order valence-electron chi connectivity index (χ1n) is 4.57. The largest absolute Gasteiger partial charge is 0.450 e. The van der Waals surface area contributed by atoms with Gasteiger partial charge in [-0.05, 0) is 25.3 Å². The molecule has 0 aromatic rings. The Morgan fingerprint density at radius 3 is 3.00 bits per heavy atom. The summed E-state index contributed by atoms with van der Waals surface area (Å²) in [6, 6.07) is 0. The van der Waals surface area contributed by atoms with Crippen LogP contribution in [0, 0.1) is 0 Å². The fourth-order valence-corrected chi connectivity index (χ4v) is 1.31. The van der Waals surface area contributed by atoms with Crippen LogP contribution in [-0.2, 0) is 14.3 Å².